The van der Waals surface area contributed by atoms with Crippen LogP contribution in [0.4, 0.5) is 5.69 Å². The van der Waals surface area contributed by atoms with Gasteiger partial charge in [0.05, 0.1) is 11.0 Å². The molecule has 2 unspecified atom stereocenters. The van der Waals surface area contributed by atoms with E-state index in [-0.39, 0.29) is 42.5 Å². The molecule has 1 amide bonds. The summed E-state index contributed by atoms with van der Waals surface area (Å²) in [5.74, 6) is 0.100. The summed E-state index contributed by atoms with van der Waals surface area (Å²) in [6.45, 7) is -0.132. The first-order valence-corrected chi connectivity index (χ1v) is 6.87. The highest BCUT2D eigenvalue weighted by molar-refractivity contribution is 5.77. The smallest absolute Gasteiger partial charge is 0.273 e. The highest BCUT2D eigenvalue weighted by Crippen LogP contribution is 2.25. The number of carbonyl (C=O) groups excluding carboxylic acids is 1. The zero-order chi connectivity index (χ0) is 15.2. The summed E-state index contributed by atoms with van der Waals surface area (Å²) in [5.41, 5.74) is -0.0796. The number of non-ortho nitro benzene ring substituents is 1. The first-order valence-electron chi connectivity index (χ1n) is 6.87. The Morgan fingerprint density at radius 3 is 3.00 bits per heavy atom. The molecule has 0 heterocycles. The summed E-state index contributed by atoms with van der Waals surface area (Å²) < 4.78 is 5.26. The van der Waals surface area contributed by atoms with E-state index in [0.717, 1.165) is 19.3 Å². The summed E-state index contributed by atoms with van der Waals surface area (Å²) in [6, 6.07) is 5.68. The number of hydrogen-bond donors (Lipinski definition) is 2. The average molecular weight is 294 g/mol. The van der Waals surface area contributed by atoms with Gasteiger partial charge in [-0.3, -0.25) is 14.9 Å². The lowest BCUT2D eigenvalue weighted by molar-refractivity contribution is -0.384. The minimum Gasteiger partial charge on any atom is -0.484 e. The van der Waals surface area contributed by atoms with E-state index < -0.39 is 4.92 Å². The van der Waals surface area contributed by atoms with Crippen molar-refractivity contribution in [2.24, 2.45) is 5.92 Å². The third kappa shape index (κ3) is 4.16. The Kier molecular flexibility index (Phi) is 5.10. The number of aliphatic hydroxyl groups excluding tert-OH is 1. The zero-order valence-electron chi connectivity index (χ0n) is 11.5. The Balaban J connectivity index is 1.84. The second kappa shape index (κ2) is 7.03. The molecular formula is C14H18N2O5. The number of ether oxygens (including phenoxy) is 1. The molecule has 1 aromatic rings. The van der Waals surface area contributed by atoms with Gasteiger partial charge < -0.3 is 15.2 Å². The molecule has 0 aliphatic heterocycles. The van der Waals surface area contributed by atoms with Gasteiger partial charge >= 0.3 is 0 Å². The van der Waals surface area contributed by atoms with Crippen LogP contribution in [0.5, 0.6) is 5.75 Å². The van der Waals surface area contributed by atoms with E-state index in [1.54, 1.807) is 6.07 Å². The third-order valence-electron chi connectivity index (χ3n) is 3.64. The van der Waals surface area contributed by atoms with Crippen LogP contribution >= 0.6 is 0 Å². The molecular weight excluding hydrogens is 276 g/mol. The molecule has 7 nitrogen and oxygen atoms in total. The molecule has 1 aromatic carbocycles. The van der Waals surface area contributed by atoms with Crippen LogP contribution in [0.2, 0.25) is 0 Å². The number of benzene rings is 1. The second-order valence-electron chi connectivity index (χ2n) is 5.09. The van der Waals surface area contributed by atoms with Gasteiger partial charge in [0, 0.05) is 24.6 Å². The SMILES string of the molecule is O=C(COc1cccc([N+](=O)[O-])c1)NC1CCCC1CO. The fourth-order valence-electron chi connectivity index (χ4n) is 2.53. The predicted molar refractivity (Wildman–Crippen MR) is 74.9 cm³/mol. The van der Waals surface area contributed by atoms with Crippen LogP contribution in [-0.2, 0) is 4.79 Å². The Hall–Kier alpha value is -2.15. The first kappa shape index (κ1) is 15.2. The van der Waals surface area contributed by atoms with Crippen LogP contribution in [0.15, 0.2) is 24.3 Å². The molecule has 0 bridgehead atoms. The molecule has 21 heavy (non-hydrogen) atoms. The number of aliphatic hydroxyl groups is 1. The molecule has 0 spiro atoms. The number of nitro groups is 1. The van der Waals surface area contributed by atoms with Crippen molar-refractivity contribution in [2.75, 3.05) is 13.2 Å². The number of nitro benzene ring substituents is 1. The molecule has 2 N–H and O–H groups in total. The van der Waals surface area contributed by atoms with E-state index in [2.05, 4.69) is 5.32 Å². The second-order valence-corrected chi connectivity index (χ2v) is 5.09. The maximum atomic E-state index is 11.8. The van der Waals surface area contributed by atoms with Gasteiger partial charge in [0.1, 0.15) is 5.75 Å². The van der Waals surface area contributed by atoms with Crippen LogP contribution in [0.3, 0.4) is 0 Å². The highest BCUT2D eigenvalue weighted by Gasteiger charge is 2.27. The van der Waals surface area contributed by atoms with Crippen molar-refractivity contribution < 1.29 is 19.6 Å². The summed E-state index contributed by atoms with van der Waals surface area (Å²) in [5, 5.41) is 22.7. The molecule has 0 saturated heterocycles. The lowest BCUT2D eigenvalue weighted by Crippen LogP contribution is -2.40. The van der Waals surface area contributed by atoms with Gasteiger partial charge in [0.15, 0.2) is 6.61 Å². The molecule has 1 saturated carbocycles. The Morgan fingerprint density at radius 1 is 1.48 bits per heavy atom. The largest absolute Gasteiger partial charge is 0.484 e. The quantitative estimate of drug-likeness (QED) is 0.607. The lowest BCUT2D eigenvalue weighted by Gasteiger charge is -2.19. The van der Waals surface area contributed by atoms with Crippen LogP contribution in [0.1, 0.15) is 19.3 Å². The lowest BCUT2D eigenvalue weighted by atomic mass is 10.1. The van der Waals surface area contributed by atoms with Gasteiger partial charge in [-0.25, -0.2) is 0 Å². The molecule has 114 valence electrons. The predicted octanol–water partition coefficient (Wildman–Crippen LogP) is 1.25. The number of carbonyl (C=O) groups is 1. The van der Waals surface area contributed by atoms with Crippen molar-refractivity contribution in [2.45, 2.75) is 25.3 Å². The van der Waals surface area contributed by atoms with E-state index in [1.807, 2.05) is 0 Å². The summed E-state index contributed by atoms with van der Waals surface area (Å²) in [7, 11) is 0. The summed E-state index contributed by atoms with van der Waals surface area (Å²) in [6.07, 6.45) is 2.75. The maximum absolute atomic E-state index is 11.8. The van der Waals surface area contributed by atoms with Crippen molar-refractivity contribution in [3.63, 3.8) is 0 Å². The molecule has 1 aliphatic carbocycles. The van der Waals surface area contributed by atoms with Crippen LogP contribution in [-0.4, -0.2) is 35.2 Å². The minimum absolute atomic E-state index is 0.0174. The average Bonchev–Trinajstić information content (AvgIpc) is 2.92. The molecule has 2 rings (SSSR count). The summed E-state index contributed by atoms with van der Waals surface area (Å²) in [4.78, 5) is 21.9. The number of nitrogens with one attached hydrogen (secondary N) is 1. The van der Waals surface area contributed by atoms with Crippen LogP contribution in [0.25, 0.3) is 0 Å². The van der Waals surface area contributed by atoms with E-state index in [0.29, 0.717) is 0 Å². The van der Waals surface area contributed by atoms with Gasteiger partial charge in [-0.05, 0) is 18.9 Å². The highest BCUT2D eigenvalue weighted by atomic mass is 16.6. The molecule has 1 aliphatic rings. The van der Waals surface area contributed by atoms with E-state index in [9.17, 15) is 20.0 Å². The number of nitrogens with zero attached hydrogens (tertiary/aromatic N) is 1. The van der Waals surface area contributed by atoms with Crippen LogP contribution in [0, 0.1) is 16.0 Å². The molecule has 1 fully saturated rings. The van der Waals surface area contributed by atoms with Crippen molar-refractivity contribution >= 4 is 11.6 Å². The van der Waals surface area contributed by atoms with E-state index in [1.165, 1.54) is 18.2 Å². The number of rotatable bonds is 6. The fraction of sp³-hybridized carbons (Fsp3) is 0.500. The standard InChI is InChI=1S/C14H18N2O5/c17-8-10-3-1-6-13(10)15-14(18)9-21-12-5-2-4-11(7-12)16(19)20/h2,4-5,7,10,13,17H,1,3,6,8-9H2,(H,15,18). The Labute approximate surface area is 122 Å². The topological polar surface area (TPSA) is 102 Å². The Bertz CT molecular complexity index is 520. The fourth-order valence-corrected chi connectivity index (χ4v) is 2.53. The third-order valence-corrected chi connectivity index (χ3v) is 3.64. The molecule has 7 heteroatoms. The van der Waals surface area contributed by atoms with E-state index >= 15 is 0 Å². The first-order chi connectivity index (χ1) is 10.1. The van der Waals surface area contributed by atoms with E-state index in [4.69, 9.17) is 4.74 Å². The van der Waals surface area contributed by atoms with Crippen molar-refractivity contribution in [1.82, 2.24) is 5.32 Å². The van der Waals surface area contributed by atoms with Gasteiger partial charge in [0.25, 0.3) is 11.6 Å². The van der Waals surface area contributed by atoms with Crippen molar-refractivity contribution in [3.05, 3.63) is 34.4 Å². The Morgan fingerprint density at radius 2 is 2.29 bits per heavy atom. The van der Waals surface area contributed by atoms with Crippen molar-refractivity contribution in [3.8, 4) is 5.75 Å². The monoisotopic (exact) mass is 294 g/mol. The minimum atomic E-state index is -0.517. The summed E-state index contributed by atoms with van der Waals surface area (Å²) >= 11 is 0. The number of amides is 1. The van der Waals surface area contributed by atoms with Gasteiger partial charge in [-0.1, -0.05) is 12.5 Å². The van der Waals surface area contributed by atoms with Gasteiger partial charge in [-0.2, -0.15) is 0 Å². The van der Waals surface area contributed by atoms with Crippen LogP contribution < -0.4 is 10.1 Å². The van der Waals surface area contributed by atoms with Gasteiger partial charge in [0.2, 0.25) is 0 Å². The normalized spacial score (nSPS) is 21.0. The number of hydrogen-bond acceptors (Lipinski definition) is 5. The van der Waals surface area contributed by atoms with Gasteiger partial charge in [-0.15, -0.1) is 0 Å². The van der Waals surface area contributed by atoms with Crippen molar-refractivity contribution in [1.29, 1.82) is 0 Å². The molecule has 2 atom stereocenters. The zero-order valence-corrected chi connectivity index (χ0v) is 11.5. The maximum Gasteiger partial charge on any atom is 0.273 e. The molecule has 0 aromatic heterocycles. The molecule has 0 radical (unpaired) electrons.